The standard InChI is InChI=1S/C21H20Cl2N8O/c22-12-6-7-13(23)16-14(12)20(32)31(10-2-1-3-10)19(28-16)15(9-4-5-9)27-18-11(8-24)17(25)29-21(26)30-18/h6-7,9-10,15H,1-5H2,(H5,25,26,27,29,30). The van der Waals surface area contributed by atoms with E-state index in [0.29, 0.717) is 26.8 Å². The number of benzene rings is 1. The number of aromatic nitrogens is 4. The van der Waals surface area contributed by atoms with Crippen molar-refractivity contribution in [1.82, 2.24) is 19.5 Å². The van der Waals surface area contributed by atoms with Crippen LogP contribution in [0.4, 0.5) is 17.6 Å². The topological polar surface area (TPSA) is 149 Å². The van der Waals surface area contributed by atoms with E-state index in [2.05, 4.69) is 15.3 Å². The molecule has 1 atom stereocenters. The summed E-state index contributed by atoms with van der Waals surface area (Å²) in [5.74, 6) is 0.929. The molecule has 2 aliphatic carbocycles. The third-order valence-corrected chi connectivity index (χ3v) is 6.77. The highest BCUT2D eigenvalue weighted by molar-refractivity contribution is 6.39. The number of nitrogen functional groups attached to an aromatic ring is 2. The van der Waals surface area contributed by atoms with Gasteiger partial charge in [-0.15, -0.1) is 0 Å². The smallest absolute Gasteiger partial charge is 0.263 e. The number of fused-ring (bicyclic) bond motifs is 1. The van der Waals surface area contributed by atoms with Crippen LogP contribution < -0.4 is 22.3 Å². The molecule has 0 aliphatic heterocycles. The number of hydrogen-bond acceptors (Lipinski definition) is 8. The largest absolute Gasteiger partial charge is 0.382 e. The van der Waals surface area contributed by atoms with E-state index in [4.69, 9.17) is 39.7 Å². The van der Waals surface area contributed by atoms with Crippen LogP contribution in [0.2, 0.25) is 10.0 Å². The molecule has 5 rings (SSSR count). The lowest BCUT2D eigenvalue weighted by Gasteiger charge is -2.32. The summed E-state index contributed by atoms with van der Waals surface area (Å²) in [7, 11) is 0. The zero-order valence-corrected chi connectivity index (χ0v) is 18.5. The molecule has 164 valence electrons. The Morgan fingerprint density at radius 2 is 1.84 bits per heavy atom. The average Bonchev–Trinajstić information content (AvgIpc) is 3.54. The van der Waals surface area contributed by atoms with E-state index in [0.717, 1.165) is 32.1 Å². The number of nitrogens with one attached hydrogen (secondary N) is 1. The van der Waals surface area contributed by atoms with Gasteiger partial charge in [-0.25, -0.2) is 4.98 Å². The van der Waals surface area contributed by atoms with Crippen molar-refractivity contribution in [2.75, 3.05) is 16.8 Å². The van der Waals surface area contributed by atoms with Crippen molar-refractivity contribution < 1.29 is 0 Å². The van der Waals surface area contributed by atoms with Gasteiger partial charge in [-0.3, -0.25) is 9.36 Å². The SMILES string of the molecule is N#Cc1c(N)nc(N)nc1NC(c1nc2c(Cl)ccc(Cl)c2c(=O)n1C1CCC1)C1CC1. The van der Waals surface area contributed by atoms with Gasteiger partial charge in [0, 0.05) is 6.04 Å². The second kappa shape index (κ2) is 7.80. The monoisotopic (exact) mass is 470 g/mol. The maximum Gasteiger partial charge on any atom is 0.263 e. The van der Waals surface area contributed by atoms with Crippen LogP contribution in [-0.4, -0.2) is 19.5 Å². The fourth-order valence-electron chi connectivity index (χ4n) is 4.14. The first kappa shape index (κ1) is 20.8. The van der Waals surface area contributed by atoms with Crippen LogP contribution in [0.15, 0.2) is 16.9 Å². The van der Waals surface area contributed by atoms with Crippen LogP contribution in [0.5, 0.6) is 0 Å². The molecule has 2 heterocycles. The molecule has 0 spiro atoms. The van der Waals surface area contributed by atoms with Gasteiger partial charge in [0.05, 0.1) is 27.0 Å². The minimum absolute atomic E-state index is 0.00488. The fourth-order valence-corrected chi connectivity index (χ4v) is 4.58. The molecule has 5 N–H and O–H groups in total. The first-order chi connectivity index (χ1) is 15.4. The summed E-state index contributed by atoms with van der Waals surface area (Å²) in [6, 6.07) is 4.92. The highest BCUT2D eigenvalue weighted by Gasteiger charge is 2.38. The summed E-state index contributed by atoms with van der Waals surface area (Å²) < 4.78 is 1.74. The molecule has 2 saturated carbocycles. The maximum atomic E-state index is 13.6. The van der Waals surface area contributed by atoms with Gasteiger partial charge < -0.3 is 16.8 Å². The van der Waals surface area contributed by atoms with Gasteiger partial charge in [0.1, 0.15) is 23.3 Å². The quantitative estimate of drug-likeness (QED) is 0.509. The zero-order chi connectivity index (χ0) is 22.6. The van der Waals surface area contributed by atoms with Crippen molar-refractivity contribution in [3.05, 3.63) is 43.9 Å². The van der Waals surface area contributed by atoms with E-state index in [1.807, 2.05) is 6.07 Å². The average molecular weight is 471 g/mol. The Morgan fingerprint density at radius 1 is 1.12 bits per heavy atom. The van der Waals surface area contributed by atoms with Crippen molar-refractivity contribution in [3.63, 3.8) is 0 Å². The van der Waals surface area contributed by atoms with Gasteiger partial charge >= 0.3 is 0 Å². The number of halogens is 2. The van der Waals surface area contributed by atoms with Gasteiger partial charge in [0.25, 0.3) is 5.56 Å². The maximum absolute atomic E-state index is 13.6. The van der Waals surface area contributed by atoms with Crippen LogP contribution in [-0.2, 0) is 0 Å². The predicted octanol–water partition coefficient (Wildman–Crippen LogP) is 3.82. The highest BCUT2D eigenvalue weighted by atomic mass is 35.5. The molecule has 0 saturated heterocycles. The van der Waals surface area contributed by atoms with E-state index in [1.54, 1.807) is 16.7 Å². The summed E-state index contributed by atoms with van der Waals surface area (Å²) >= 11 is 12.8. The van der Waals surface area contributed by atoms with Crippen molar-refractivity contribution in [1.29, 1.82) is 5.26 Å². The minimum Gasteiger partial charge on any atom is -0.382 e. The van der Waals surface area contributed by atoms with Crippen LogP contribution in [0, 0.1) is 17.2 Å². The molecule has 1 unspecified atom stereocenters. The lowest BCUT2D eigenvalue weighted by atomic mass is 9.92. The molecule has 0 radical (unpaired) electrons. The summed E-state index contributed by atoms with van der Waals surface area (Å²) in [6.07, 6.45) is 4.69. The predicted molar refractivity (Wildman–Crippen MR) is 124 cm³/mol. The summed E-state index contributed by atoms with van der Waals surface area (Å²) in [5, 5.41) is 13.9. The molecule has 0 bridgehead atoms. The number of nitriles is 1. The van der Waals surface area contributed by atoms with Crippen LogP contribution in [0.3, 0.4) is 0 Å². The minimum atomic E-state index is -0.386. The Bertz CT molecular complexity index is 1340. The second-order valence-corrected chi connectivity index (χ2v) is 9.06. The van der Waals surface area contributed by atoms with Gasteiger partial charge in [0.2, 0.25) is 5.95 Å². The molecular weight excluding hydrogens is 451 g/mol. The highest BCUT2D eigenvalue weighted by Crippen LogP contribution is 2.45. The number of rotatable bonds is 5. The lowest BCUT2D eigenvalue weighted by Crippen LogP contribution is -2.36. The second-order valence-electron chi connectivity index (χ2n) is 8.24. The number of nitrogens with zero attached hydrogens (tertiary/aromatic N) is 5. The molecule has 2 aliphatic rings. The number of hydrogen-bond donors (Lipinski definition) is 3. The Labute approximate surface area is 193 Å². The molecule has 2 aromatic heterocycles. The van der Waals surface area contributed by atoms with E-state index >= 15 is 0 Å². The molecule has 11 heteroatoms. The van der Waals surface area contributed by atoms with E-state index < -0.39 is 0 Å². The zero-order valence-electron chi connectivity index (χ0n) is 17.0. The third-order valence-electron chi connectivity index (χ3n) is 6.15. The van der Waals surface area contributed by atoms with E-state index in [1.165, 1.54) is 0 Å². The van der Waals surface area contributed by atoms with Crippen LogP contribution in [0.1, 0.15) is 55.6 Å². The molecular formula is C21H20Cl2N8O. The third kappa shape index (κ3) is 3.40. The number of nitrogens with two attached hydrogens (primary N) is 2. The van der Waals surface area contributed by atoms with Crippen LogP contribution in [0.25, 0.3) is 10.9 Å². The lowest BCUT2D eigenvalue weighted by molar-refractivity contribution is 0.291. The molecule has 3 aromatic rings. The normalized spacial score (nSPS) is 17.0. The number of anilines is 3. The van der Waals surface area contributed by atoms with Crippen LogP contribution >= 0.6 is 23.2 Å². The molecule has 0 amide bonds. The van der Waals surface area contributed by atoms with E-state index in [-0.39, 0.29) is 46.7 Å². The van der Waals surface area contributed by atoms with E-state index in [9.17, 15) is 10.1 Å². The van der Waals surface area contributed by atoms with Gasteiger partial charge in [-0.2, -0.15) is 15.2 Å². The summed E-state index contributed by atoms with van der Waals surface area (Å²) in [5.41, 5.74) is 11.9. The Kier molecular flexibility index (Phi) is 5.07. The molecule has 32 heavy (non-hydrogen) atoms. The van der Waals surface area contributed by atoms with Crippen molar-refractivity contribution in [2.45, 2.75) is 44.2 Å². The first-order valence-electron chi connectivity index (χ1n) is 10.4. The Morgan fingerprint density at radius 3 is 2.47 bits per heavy atom. The van der Waals surface area contributed by atoms with Gasteiger partial charge in [-0.05, 0) is 50.2 Å². The molecule has 1 aromatic carbocycles. The summed E-state index contributed by atoms with van der Waals surface area (Å²) in [6.45, 7) is 0. The Balaban J connectivity index is 1.73. The summed E-state index contributed by atoms with van der Waals surface area (Å²) in [4.78, 5) is 26.5. The van der Waals surface area contributed by atoms with Crippen molar-refractivity contribution in [3.8, 4) is 6.07 Å². The first-order valence-corrected chi connectivity index (χ1v) is 11.1. The van der Waals surface area contributed by atoms with Gasteiger partial charge in [-0.1, -0.05) is 23.2 Å². The van der Waals surface area contributed by atoms with Gasteiger partial charge in [0.15, 0.2) is 5.82 Å². The van der Waals surface area contributed by atoms with Crippen molar-refractivity contribution >= 4 is 51.7 Å². The molecule has 2 fully saturated rings. The van der Waals surface area contributed by atoms with Crippen molar-refractivity contribution in [2.24, 2.45) is 5.92 Å². The molecule has 9 nitrogen and oxygen atoms in total. The fraction of sp³-hybridized carbons (Fsp3) is 0.381. The Hall–Kier alpha value is -3.09.